The van der Waals surface area contributed by atoms with E-state index in [1.807, 2.05) is 32.0 Å². The Morgan fingerprint density at radius 2 is 2.00 bits per heavy atom. The van der Waals surface area contributed by atoms with Gasteiger partial charge in [0.25, 0.3) is 0 Å². The average Bonchev–Trinajstić information content (AvgIpc) is 2.32. The van der Waals surface area contributed by atoms with Crippen molar-refractivity contribution in [3.63, 3.8) is 0 Å². The summed E-state index contributed by atoms with van der Waals surface area (Å²) in [6.45, 7) is 4.04. The van der Waals surface area contributed by atoms with Crippen molar-refractivity contribution < 1.29 is 5.11 Å². The minimum absolute atomic E-state index is 0.395. The fraction of sp³-hybridized carbons (Fsp3) is 0.214. The summed E-state index contributed by atoms with van der Waals surface area (Å²) < 4.78 is 0. The van der Waals surface area contributed by atoms with E-state index in [1.54, 1.807) is 18.3 Å². The van der Waals surface area contributed by atoms with E-state index in [0.29, 0.717) is 5.15 Å². The van der Waals surface area contributed by atoms with Crippen LogP contribution in [0, 0.1) is 13.8 Å². The number of rotatable bonds is 2. The van der Waals surface area contributed by atoms with E-state index in [4.69, 9.17) is 11.6 Å². The number of hydrogen-bond acceptors (Lipinski definition) is 2. The van der Waals surface area contributed by atoms with Crippen molar-refractivity contribution in [2.24, 2.45) is 0 Å². The van der Waals surface area contributed by atoms with Crippen molar-refractivity contribution in [1.29, 1.82) is 0 Å². The molecule has 0 saturated heterocycles. The molecule has 0 saturated carbocycles. The van der Waals surface area contributed by atoms with Gasteiger partial charge in [0.1, 0.15) is 11.3 Å². The van der Waals surface area contributed by atoms with Crippen LogP contribution in [0.4, 0.5) is 0 Å². The van der Waals surface area contributed by atoms with Crippen LogP contribution in [0.2, 0.25) is 5.15 Å². The molecule has 17 heavy (non-hydrogen) atoms. The number of hydrogen-bond donors (Lipinski definition) is 1. The minimum Gasteiger partial charge on any atom is -0.384 e. The first-order valence-electron chi connectivity index (χ1n) is 5.45. The van der Waals surface area contributed by atoms with E-state index in [2.05, 4.69) is 4.98 Å². The van der Waals surface area contributed by atoms with Crippen molar-refractivity contribution in [2.75, 3.05) is 0 Å². The second-order valence-electron chi connectivity index (χ2n) is 4.10. The second kappa shape index (κ2) is 4.86. The molecule has 0 spiro atoms. The summed E-state index contributed by atoms with van der Waals surface area (Å²) in [5, 5.41) is 10.7. The predicted octanol–water partition coefficient (Wildman–Crippen LogP) is 3.43. The van der Waals surface area contributed by atoms with Crippen LogP contribution in [0.3, 0.4) is 0 Å². The van der Waals surface area contributed by atoms with Gasteiger partial charge in [0.2, 0.25) is 0 Å². The summed E-state index contributed by atoms with van der Waals surface area (Å²) >= 11 is 5.83. The molecule has 1 heterocycles. The first-order valence-corrected chi connectivity index (χ1v) is 5.83. The molecule has 0 aliphatic carbocycles. The molecular weight excluding hydrogens is 234 g/mol. The predicted molar refractivity (Wildman–Crippen MR) is 69.2 cm³/mol. The highest BCUT2D eigenvalue weighted by molar-refractivity contribution is 6.29. The molecule has 0 amide bonds. The number of halogens is 1. The number of aryl methyl sites for hydroxylation is 1. The third-order valence-corrected chi connectivity index (χ3v) is 3.21. The Bertz CT molecular complexity index is 539. The Morgan fingerprint density at radius 1 is 1.24 bits per heavy atom. The number of pyridine rings is 1. The molecule has 2 nitrogen and oxygen atoms in total. The Hall–Kier alpha value is -1.38. The van der Waals surface area contributed by atoms with Crippen LogP contribution >= 0.6 is 11.6 Å². The van der Waals surface area contributed by atoms with Gasteiger partial charge in [0.15, 0.2) is 0 Å². The van der Waals surface area contributed by atoms with Crippen LogP contribution in [0.1, 0.15) is 28.4 Å². The molecule has 1 atom stereocenters. The smallest absolute Gasteiger partial charge is 0.129 e. The maximum absolute atomic E-state index is 10.3. The molecule has 2 aromatic rings. The lowest BCUT2D eigenvalue weighted by Crippen LogP contribution is -2.03. The summed E-state index contributed by atoms with van der Waals surface area (Å²) in [6.07, 6.45) is 0.946. The molecular formula is C14H14ClNO. The van der Waals surface area contributed by atoms with Crippen molar-refractivity contribution >= 4 is 11.6 Å². The summed E-state index contributed by atoms with van der Waals surface area (Å²) in [5.74, 6) is 0. The summed E-state index contributed by atoms with van der Waals surface area (Å²) in [6, 6.07) is 9.38. The number of benzene rings is 1. The third-order valence-electron chi connectivity index (χ3n) is 3.01. The topological polar surface area (TPSA) is 33.1 Å². The summed E-state index contributed by atoms with van der Waals surface area (Å²) in [4.78, 5) is 3.91. The molecule has 3 heteroatoms. The number of aliphatic hydroxyl groups excluding tert-OH is 1. The van der Waals surface area contributed by atoms with Crippen LogP contribution in [-0.4, -0.2) is 10.1 Å². The summed E-state index contributed by atoms with van der Waals surface area (Å²) in [5.41, 5.74) is 3.95. The van der Waals surface area contributed by atoms with Crippen molar-refractivity contribution in [1.82, 2.24) is 4.98 Å². The lowest BCUT2D eigenvalue weighted by atomic mass is 9.95. The number of aliphatic hydroxyl groups is 1. The van der Waals surface area contributed by atoms with Crippen LogP contribution in [0.5, 0.6) is 0 Å². The second-order valence-corrected chi connectivity index (χ2v) is 4.49. The van der Waals surface area contributed by atoms with Crippen molar-refractivity contribution in [3.05, 3.63) is 63.9 Å². The highest BCUT2D eigenvalue weighted by atomic mass is 35.5. The van der Waals surface area contributed by atoms with Crippen LogP contribution in [0.15, 0.2) is 36.5 Å². The number of aromatic nitrogens is 1. The molecule has 0 aliphatic heterocycles. The van der Waals surface area contributed by atoms with E-state index < -0.39 is 6.10 Å². The van der Waals surface area contributed by atoms with Crippen LogP contribution < -0.4 is 0 Å². The van der Waals surface area contributed by atoms with Crippen LogP contribution in [0.25, 0.3) is 0 Å². The van der Waals surface area contributed by atoms with Crippen LogP contribution in [-0.2, 0) is 0 Å². The quantitative estimate of drug-likeness (QED) is 0.825. The number of nitrogens with zero attached hydrogens (tertiary/aromatic N) is 1. The lowest BCUT2D eigenvalue weighted by Gasteiger charge is -2.15. The fourth-order valence-electron chi connectivity index (χ4n) is 1.84. The SMILES string of the molecule is Cc1cccc(C(O)c2ccnc(Cl)c2)c1C. The minimum atomic E-state index is -0.657. The molecule has 1 aromatic carbocycles. The maximum atomic E-state index is 10.3. The van der Waals surface area contributed by atoms with Gasteiger partial charge in [0.05, 0.1) is 0 Å². The average molecular weight is 248 g/mol. The van der Waals surface area contributed by atoms with Gasteiger partial charge in [-0.15, -0.1) is 0 Å². The van der Waals surface area contributed by atoms with Gasteiger partial charge in [-0.3, -0.25) is 0 Å². The first-order chi connectivity index (χ1) is 8.09. The molecule has 0 bridgehead atoms. The fourth-order valence-corrected chi connectivity index (χ4v) is 2.02. The van der Waals surface area contributed by atoms with E-state index in [9.17, 15) is 5.11 Å². The molecule has 2 rings (SSSR count). The van der Waals surface area contributed by atoms with E-state index >= 15 is 0 Å². The van der Waals surface area contributed by atoms with Crippen molar-refractivity contribution in [2.45, 2.75) is 20.0 Å². The first kappa shape index (κ1) is 12.1. The van der Waals surface area contributed by atoms with Crippen molar-refractivity contribution in [3.8, 4) is 0 Å². The molecule has 88 valence electrons. The molecule has 1 N–H and O–H groups in total. The Balaban J connectivity index is 2.44. The zero-order valence-corrected chi connectivity index (χ0v) is 10.6. The molecule has 0 radical (unpaired) electrons. The van der Waals surface area contributed by atoms with Gasteiger partial charge in [-0.05, 0) is 48.2 Å². The van der Waals surface area contributed by atoms with Gasteiger partial charge < -0.3 is 5.11 Å². The normalized spacial score (nSPS) is 12.5. The summed E-state index contributed by atoms with van der Waals surface area (Å²) in [7, 11) is 0. The van der Waals surface area contributed by atoms with Gasteiger partial charge in [0, 0.05) is 6.20 Å². The Kier molecular flexibility index (Phi) is 3.46. The lowest BCUT2D eigenvalue weighted by molar-refractivity contribution is 0.219. The Labute approximate surface area is 106 Å². The molecule has 0 fully saturated rings. The third kappa shape index (κ3) is 2.48. The van der Waals surface area contributed by atoms with Gasteiger partial charge in [-0.2, -0.15) is 0 Å². The largest absolute Gasteiger partial charge is 0.384 e. The monoisotopic (exact) mass is 247 g/mol. The van der Waals surface area contributed by atoms with E-state index in [-0.39, 0.29) is 0 Å². The van der Waals surface area contributed by atoms with Gasteiger partial charge in [-0.25, -0.2) is 4.98 Å². The van der Waals surface area contributed by atoms with Gasteiger partial charge >= 0.3 is 0 Å². The zero-order chi connectivity index (χ0) is 12.4. The highest BCUT2D eigenvalue weighted by Crippen LogP contribution is 2.27. The zero-order valence-electron chi connectivity index (χ0n) is 9.81. The molecule has 0 aliphatic rings. The highest BCUT2D eigenvalue weighted by Gasteiger charge is 2.13. The van der Waals surface area contributed by atoms with E-state index in [0.717, 1.165) is 16.7 Å². The maximum Gasteiger partial charge on any atom is 0.129 e. The Morgan fingerprint density at radius 3 is 2.71 bits per heavy atom. The van der Waals surface area contributed by atoms with E-state index in [1.165, 1.54) is 5.56 Å². The molecule has 1 aromatic heterocycles. The standard InChI is InChI=1S/C14H14ClNO/c1-9-4-3-5-12(10(9)2)14(17)11-6-7-16-13(15)8-11/h3-8,14,17H,1-2H3. The molecule has 1 unspecified atom stereocenters. The van der Waals surface area contributed by atoms with Gasteiger partial charge in [-0.1, -0.05) is 29.8 Å².